The molecule has 0 aliphatic carbocycles. The molecule has 4 rings (SSSR count). The minimum Gasteiger partial charge on any atom is -0.298 e. The number of carbonyl (C=O) groups excluding carboxylic acids is 2. The summed E-state index contributed by atoms with van der Waals surface area (Å²) in [7, 11) is 0. The molecule has 0 bridgehead atoms. The van der Waals surface area contributed by atoms with Gasteiger partial charge in [-0.05, 0) is 48.5 Å². The Hall–Kier alpha value is -3.40. The van der Waals surface area contributed by atoms with Gasteiger partial charge in [0.2, 0.25) is 0 Å². The largest absolute Gasteiger partial charge is 0.298 e. The molecule has 114 valence electrons. The van der Waals surface area contributed by atoms with Gasteiger partial charge in [0.1, 0.15) is 12.6 Å². The topological polar surface area (TPSA) is 59.9 Å². The van der Waals surface area contributed by atoms with E-state index in [1.807, 2.05) is 48.5 Å². The van der Waals surface area contributed by atoms with Gasteiger partial charge in [-0.3, -0.25) is 9.59 Å². The third-order valence-electron chi connectivity index (χ3n) is 3.96. The zero-order valence-electron chi connectivity index (χ0n) is 12.6. The van der Waals surface area contributed by atoms with E-state index in [-0.39, 0.29) is 0 Å². The summed E-state index contributed by atoms with van der Waals surface area (Å²) >= 11 is 0. The van der Waals surface area contributed by atoms with E-state index in [0.29, 0.717) is 11.1 Å². The second-order valence-corrected chi connectivity index (χ2v) is 5.53. The van der Waals surface area contributed by atoms with Crippen LogP contribution in [0.2, 0.25) is 0 Å². The summed E-state index contributed by atoms with van der Waals surface area (Å²) in [5, 5.41) is 1.83. The number of hydrogen-bond donors (Lipinski definition) is 0. The number of aldehydes is 2. The van der Waals surface area contributed by atoms with Crippen molar-refractivity contribution in [3.05, 3.63) is 71.8 Å². The molecule has 2 heterocycles. The van der Waals surface area contributed by atoms with E-state index in [2.05, 4.69) is 9.97 Å². The van der Waals surface area contributed by atoms with Crippen LogP contribution in [-0.4, -0.2) is 22.5 Å². The second kappa shape index (κ2) is 5.66. The molecule has 0 saturated heterocycles. The second-order valence-electron chi connectivity index (χ2n) is 5.53. The number of pyridine rings is 2. The third kappa shape index (κ3) is 2.44. The van der Waals surface area contributed by atoms with Gasteiger partial charge in [-0.2, -0.15) is 0 Å². The first-order valence-corrected chi connectivity index (χ1v) is 7.49. The van der Waals surface area contributed by atoms with Crippen molar-refractivity contribution < 1.29 is 9.59 Å². The van der Waals surface area contributed by atoms with Crippen LogP contribution in [-0.2, 0) is 0 Å². The van der Waals surface area contributed by atoms with Crippen LogP contribution in [0, 0.1) is 0 Å². The first kappa shape index (κ1) is 14.2. The van der Waals surface area contributed by atoms with Crippen molar-refractivity contribution >= 4 is 34.4 Å². The van der Waals surface area contributed by atoms with Crippen LogP contribution in [0.5, 0.6) is 0 Å². The maximum atomic E-state index is 10.9. The molecule has 0 aliphatic heterocycles. The summed E-state index contributed by atoms with van der Waals surface area (Å²) in [6.45, 7) is 0. The van der Waals surface area contributed by atoms with Crippen molar-refractivity contribution in [2.45, 2.75) is 0 Å². The lowest BCUT2D eigenvalue weighted by atomic mass is 10.1. The van der Waals surface area contributed by atoms with E-state index in [9.17, 15) is 9.59 Å². The number of aromatic nitrogens is 2. The molecule has 0 amide bonds. The highest BCUT2D eigenvalue weighted by Crippen LogP contribution is 2.23. The monoisotopic (exact) mass is 312 g/mol. The van der Waals surface area contributed by atoms with Crippen molar-refractivity contribution in [3.63, 3.8) is 0 Å². The minimum absolute atomic E-state index is 0.631. The summed E-state index contributed by atoms with van der Waals surface area (Å²) in [6, 6.07) is 18.5. The van der Waals surface area contributed by atoms with Crippen molar-refractivity contribution in [3.8, 4) is 11.4 Å². The Kier molecular flexibility index (Phi) is 3.35. The quantitative estimate of drug-likeness (QED) is 0.535. The molecule has 4 heteroatoms. The molecule has 4 nitrogen and oxygen atoms in total. The van der Waals surface area contributed by atoms with E-state index < -0.39 is 0 Å². The molecule has 24 heavy (non-hydrogen) atoms. The summed E-state index contributed by atoms with van der Waals surface area (Å²) in [4.78, 5) is 31.0. The Morgan fingerprint density at radius 3 is 1.46 bits per heavy atom. The fourth-order valence-corrected chi connectivity index (χ4v) is 2.72. The van der Waals surface area contributed by atoms with E-state index in [1.54, 1.807) is 12.1 Å². The number of benzene rings is 2. The number of carbonyl (C=O) groups is 2. The van der Waals surface area contributed by atoms with Crippen molar-refractivity contribution in [2.24, 2.45) is 0 Å². The summed E-state index contributed by atoms with van der Waals surface area (Å²) in [6.07, 6.45) is 1.65. The van der Waals surface area contributed by atoms with Crippen LogP contribution >= 0.6 is 0 Å². The van der Waals surface area contributed by atoms with Gasteiger partial charge in [-0.25, -0.2) is 9.97 Å². The molecule has 2 aromatic heterocycles. The van der Waals surface area contributed by atoms with Gasteiger partial charge in [-0.15, -0.1) is 0 Å². The third-order valence-corrected chi connectivity index (χ3v) is 3.96. The number of fused-ring (bicyclic) bond motifs is 2. The van der Waals surface area contributed by atoms with Crippen LogP contribution in [0.3, 0.4) is 0 Å². The molecule has 2 aromatic carbocycles. The van der Waals surface area contributed by atoms with Crippen molar-refractivity contribution in [2.75, 3.05) is 0 Å². The van der Waals surface area contributed by atoms with Gasteiger partial charge in [0.15, 0.2) is 0 Å². The first-order valence-electron chi connectivity index (χ1n) is 7.49. The standard InChI is InChI=1S/C20H12N2O2/c23-11-13-1-5-17-15(9-13)3-7-19(21-17)20-8-4-16-10-14(12-24)2-6-18(16)22-20/h1-12H. The molecule has 0 saturated carbocycles. The zero-order valence-corrected chi connectivity index (χ0v) is 12.6. The van der Waals surface area contributed by atoms with Crippen LogP contribution in [0.15, 0.2) is 60.7 Å². The van der Waals surface area contributed by atoms with Gasteiger partial charge in [-0.1, -0.05) is 12.1 Å². The SMILES string of the molecule is O=Cc1ccc2nc(-c3ccc4cc(C=O)ccc4n3)ccc2c1. The average Bonchev–Trinajstić information content (AvgIpc) is 2.66. The van der Waals surface area contributed by atoms with Crippen LogP contribution in [0.4, 0.5) is 0 Å². The summed E-state index contributed by atoms with van der Waals surface area (Å²) < 4.78 is 0. The van der Waals surface area contributed by atoms with Gasteiger partial charge in [0, 0.05) is 21.9 Å². The predicted molar refractivity (Wildman–Crippen MR) is 93.3 cm³/mol. The van der Waals surface area contributed by atoms with Crippen LogP contribution < -0.4 is 0 Å². The lowest BCUT2D eigenvalue weighted by Gasteiger charge is -2.05. The van der Waals surface area contributed by atoms with Gasteiger partial charge in [0.25, 0.3) is 0 Å². The number of nitrogens with zero attached hydrogens (tertiary/aromatic N) is 2. The van der Waals surface area contributed by atoms with Gasteiger partial charge in [0.05, 0.1) is 22.4 Å². The van der Waals surface area contributed by atoms with Crippen molar-refractivity contribution in [1.29, 1.82) is 0 Å². The maximum absolute atomic E-state index is 10.9. The lowest BCUT2D eigenvalue weighted by molar-refractivity contribution is 0.111. The number of rotatable bonds is 3. The maximum Gasteiger partial charge on any atom is 0.150 e. The Balaban J connectivity index is 1.82. The van der Waals surface area contributed by atoms with Crippen LogP contribution in [0.25, 0.3) is 33.2 Å². The molecule has 0 aliphatic rings. The Morgan fingerprint density at radius 1 is 0.583 bits per heavy atom. The summed E-state index contributed by atoms with van der Waals surface area (Å²) in [5.74, 6) is 0. The smallest absolute Gasteiger partial charge is 0.150 e. The molecule has 4 aromatic rings. The minimum atomic E-state index is 0.631. The fourth-order valence-electron chi connectivity index (χ4n) is 2.72. The van der Waals surface area contributed by atoms with E-state index >= 15 is 0 Å². The molecule has 0 radical (unpaired) electrons. The molecular weight excluding hydrogens is 300 g/mol. The zero-order chi connectivity index (χ0) is 16.5. The molecule has 0 atom stereocenters. The average molecular weight is 312 g/mol. The molecular formula is C20H12N2O2. The van der Waals surface area contributed by atoms with Crippen LogP contribution in [0.1, 0.15) is 20.7 Å². The van der Waals surface area contributed by atoms with E-state index in [0.717, 1.165) is 45.8 Å². The highest BCUT2D eigenvalue weighted by molar-refractivity contribution is 5.90. The van der Waals surface area contributed by atoms with Gasteiger partial charge >= 0.3 is 0 Å². The van der Waals surface area contributed by atoms with Gasteiger partial charge < -0.3 is 0 Å². The van der Waals surface area contributed by atoms with E-state index in [4.69, 9.17) is 0 Å². The Morgan fingerprint density at radius 2 is 1.04 bits per heavy atom. The summed E-state index contributed by atoms with van der Waals surface area (Å²) in [5.41, 5.74) is 4.43. The predicted octanol–water partition coefficient (Wildman–Crippen LogP) is 4.08. The van der Waals surface area contributed by atoms with Crippen molar-refractivity contribution in [1.82, 2.24) is 9.97 Å². The molecule has 0 unspecified atom stereocenters. The highest BCUT2D eigenvalue weighted by Gasteiger charge is 2.06. The lowest BCUT2D eigenvalue weighted by Crippen LogP contribution is -1.91. The normalized spacial score (nSPS) is 10.8. The van der Waals surface area contributed by atoms with E-state index in [1.165, 1.54) is 0 Å². The Bertz CT molecular complexity index is 1010. The highest BCUT2D eigenvalue weighted by atomic mass is 16.1. The Labute approximate surface area is 137 Å². The molecule has 0 spiro atoms. The number of hydrogen-bond acceptors (Lipinski definition) is 4. The molecule has 0 fully saturated rings. The fraction of sp³-hybridized carbons (Fsp3) is 0. The first-order chi connectivity index (χ1) is 11.8. The molecule has 0 N–H and O–H groups in total.